The smallest absolute Gasteiger partial charge is 0.0630 e. The fourth-order valence-corrected chi connectivity index (χ4v) is 16.1. The highest BCUT2D eigenvalue weighted by Crippen LogP contribution is 2.51. The molecule has 2 aliphatic rings. The van der Waals surface area contributed by atoms with Crippen LogP contribution < -0.4 is 4.90 Å². The number of hydrogen-bond acceptors (Lipinski definition) is 1. The molecule has 0 fully saturated rings. The van der Waals surface area contributed by atoms with E-state index in [2.05, 4.69) is 358 Å². The highest BCUT2D eigenvalue weighted by molar-refractivity contribution is 6.24. The van der Waals surface area contributed by atoms with E-state index in [1.807, 2.05) is 0 Å². The van der Waals surface area contributed by atoms with Crippen LogP contribution in [0.3, 0.4) is 0 Å². The molecule has 0 saturated carbocycles. The minimum atomic E-state index is 0.127. The summed E-state index contributed by atoms with van der Waals surface area (Å²) in [5, 5.41) is 10.1. The van der Waals surface area contributed by atoms with Crippen LogP contribution in [0.2, 0.25) is 0 Å². The second-order valence-electron chi connectivity index (χ2n) is 25.6. The molecule has 4 aromatic heterocycles. The molecule has 18 aromatic rings. The summed E-state index contributed by atoms with van der Waals surface area (Å²) >= 11 is 0. The normalized spacial score (nSPS) is 14.6. The summed E-state index contributed by atoms with van der Waals surface area (Å²) in [5.41, 5.74) is 29.2. The van der Waals surface area contributed by atoms with Crippen LogP contribution in [0.25, 0.3) is 154 Å². The number of aromatic nitrogens is 3. The van der Waals surface area contributed by atoms with Gasteiger partial charge in [-0.05, 0) is 182 Å². The lowest BCUT2D eigenvalue weighted by Crippen LogP contribution is -2.28. The number of nitrogens with zero attached hydrogens (tertiary/aromatic N) is 4. The fraction of sp³-hybridized carbons (Fsp3) is 0.0222. The van der Waals surface area contributed by atoms with Crippen LogP contribution in [0.4, 0.5) is 11.4 Å². The van der Waals surface area contributed by atoms with E-state index in [0.717, 1.165) is 5.69 Å². The Morgan fingerprint density at radius 2 is 0.660 bits per heavy atom. The van der Waals surface area contributed by atoms with E-state index >= 15 is 0 Å². The molecule has 0 N–H and O–H groups in total. The van der Waals surface area contributed by atoms with E-state index in [0.29, 0.717) is 0 Å². The molecule has 0 radical (unpaired) electrons. The van der Waals surface area contributed by atoms with Gasteiger partial charge < -0.3 is 18.4 Å². The first-order valence-electron chi connectivity index (χ1n) is 32.7. The van der Waals surface area contributed by atoms with Crippen molar-refractivity contribution in [1.82, 2.24) is 13.5 Å². The first kappa shape index (κ1) is 52.5. The predicted molar refractivity (Wildman–Crippen MR) is 396 cm³/mol. The molecular formula is C90H58N4. The molecule has 2 unspecified atom stereocenters. The Labute approximate surface area is 543 Å². The molecule has 1 aliphatic carbocycles. The molecule has 438 valence electrons. The molecule has 1 aliphatic heterocycles. The van der Waals surface area contributed by atoms with Gasteiger partial charge in [0.25, 0.3) is 0 Å². The Hall–Kier alpha value is -12.2. The highest BCUT2D eigenvalue weighted by atomic mass is 15.2. The van der Waals surface area contributed by atoms with Crippen molar-refractivity contribution in [3.63, 3.8) is 0 Å². The van der Waals surface area contributed by atoms with E-state index in [1.54, 1.807) is 0 Å². The van der Waals surface area contributed by atoms with Gasteiger partial charge in [0.05, 0.1) is 44.7 Å². The SMILES string of the molecule is C1=CC2C(C=C1c1ccc3c(c1)c1ccccc1n3-c1ccccc1)c1ccccc1N2c1ccc2c(c1)c1ccccc1n2-c1cccc(-c2ccc3c(c2)c2cccc4c5cc(-c6cccc(-c7cccc(-c8ccc(-c9ccccc9)cc8)c7)c6)ccc5n3c42)c1. The number of hydrogen-bond donors (Lipinski definition) is 0. The Balaban J connectivity index is 0.611. The number of para-hydroxylation sites is 5. The van der Waals surface area contributed by atoms with Crippen LogP contribution in [-0.2, 0) is 0 Å². The molecule has 0 bridgehead atoms. The molecule has 4 nitrogen and oxygen atoms in total. The van der Waals surface area contributed by atoms with Crippen LogP contribution in [0.5, 0.6) is 0 Å². The number of anilines is 2. The van der Waals surface area contributed by atoms with Crippen molar-refractivity contribution >= 4 is 98.7 Å². The van der Waals surface area contributed by atoms with Crippen molar-refractivity contribution in [2.45, 2.75) is 12.0 Å². The topological polar surface area (TPSA) is 17.5 Å². The molecule has 0 saturated heterocycles. The third kappa shape index (κ3) is 8.06. The van der Waals surface area contributed by atoms with Crippen molar-refractivity contribution < 1.29 is 0 Å². The highest BCUT2D eigenvalue weighted by Gasteiger charge is 2.38. The van der Waals surface area contributed by atoms with E-state index in [-0.39, 0.29) is 12.0 Å². The van der Waals surface area contributed by atoms with Crippen molar-refractivity contribution in [3.8, 4) is 67.0 Å². The van der Waals surface area contributed by atoms with Gasteiger partial charge in [0.1, 0.15) is 0 Å². The van der Waals surface area contributed by atoms with Crippen LogP contribution in [0.1, 0.15) is 17.0 Å². The first-order valence-corrected chi connectivity index (χ1v) is 32.7. The maximum absolute atomic E-state index is 2.58. The molecule has 14 aromatic carbocycles. The number of rotatable bonds is 9. The third-order valence-corrected chi connectivity index (χ3v) is 20.5. The van der Waals surface area contributed by atoms with Crippen molar-refractivity contribution in [2.24, 2.45) is 0 Å². The molecular weight excluding hydrogens is 1140 g/mol. The minimum absolute atomic E-state index is 0.127. The number of allylic oxidation sites excluding steroid dienone is 2. The Morgan fingerprint density at radius 1 is 0.245 bits per heavy atom. The van der Waals surface area contributed by atoms with Gasteiger partial charge in [-0.1, -0.05) is 231 Å². The van der Waals surface area contributed by atoms with Gasteiger partial charge in [0.2, 0.25) is 0 Å². The standard InChI is InChI=1S/C90H58N4/c1-3-17-57(18-4-1)58-35-37-59(38-36-58)60-19-13-20-61(49-60)62-21-14-22-63(50-62)65-41-46-88-79(54-65)75-30-16-31-76-80-55-66(42-47-89(80)94(88)90(75)76)64-23-15-26-70(51-64)92-84-34-12-9-29-74(84)81-56-71(43-48-87(81)92)93-83-33-11-8-28-73(83)78-53-68(40-45-86(78)93)67-39-44-85-77(52-67)72-27-7-10-32-82(72)91(85)69-24-5-2-6-25-69/h1-56,78,86H. The second kappa shape index (κ2) is 20.6. The Bertz CT molecular complexity index is 6170. The minimum Gasteiger partial charge on any atom is -0.333 e. The van der Waals surface area contributed by atoms with Gasteiger partial charge in [-0.25, -0.2) is 0 Å². The summed E-state index contributed by atoms with van der Waals surface area (Å²) in [4.78, 5) is 2.58. The Morgan fingerprint density at radius 3 is 1.33 bits per heavy atom. The number of fused-ring (bicyclic) bond motifs is 15. The van der Waals surface area contributed by atoms with Gasteiger partial charge in [-0.3, -0.25) is 0 Å². The van der Waals surface area contributed by atoms with E-state index < -0.39 is 0 Å². The van der Waals surface area contributed by atoms with Crippen molar-refractivity contribution in [1.29, 1.82) is 0 Å². The van der Waals surface area contributed by atoms with Crippen LogP contribution in [0.15, 0.2) is 340 Å². The van der Waals surface area contributed by atoms with Gasteiger partial charge in [0.15, 0.2) is 0 Å². The van der Waals surface area contributed by atoms with Gasteiger partial charge in [-0.2, -0.15) is 0 Å². The monoisotopic (exact) mass is 1190 g/mol. The molecule has 5 heterocycles. The van der Waals surface area contributed by atoms with E-state index in [9.17, 15) is 0 Å². The summed E-state index contributed by atoms with van der Waals surface area (Å²) in [6, 6.07) is 119. The summed E-state index contributed by atoms with van der Waals surface area (Å²) in [5.74, 6) is 0.184. The van der Waals surface area contributed by atoms with Gasteiger partial charge in [-0.15, -0.1) is 0 Å². The molecule has 0 spiro atoms. The quantitative estimate of drug-likeness (QED) is 0.141. The van der Waals surface area contributed by atoms with Gasteiger partial charge >= 0.3 is 0 Å². The largest absolute Gasteiger partial charge is 0.333 e. The van der Waals surface area contributed by atoms with Crippen molar-refractivity contribution in [2.75, 3.05) is 4.90 Å². The molecule has 2 atom stereocenters. The lowest BCUT2D eigenvalue weighted by Gasteiger charge is -2.30. The molecule has 94 heavy (non-hydrogen) atoms. The molecule has 20 rings (SSSR count). The van der Waals surface area contributed by atoms with Crippen molar-refractivity contribution in [3.05, 3.63) is 351 Å². The van der Waals surface area contributed by atoms with Crippen LogP contribution in [-0.4, -0.2) is 19.6 Å². The number of benzene rings is 14. The second-order valence-corrected chi connectivity index (χ2v) is 25.6. The first-order chi connectivity index (χ1) is 46.6. The molecule has 0 amide bonds. The lowest BCUT2D eigenvalue weighted by atomic mass is 9.86. The molecule has 4 heteroatoms. The predicted octanol–water partition coefficient (Wildman–Crippen LogP) is 23.6. The van der Waals surface area contributed by atoms with Gasteiger partial charge in [0, 0.05) is 71.8 Å². The average molecular weight is 1200 g/mol. The zero-order valence-corrected chi connectivity index (χ0v) is 51.3. The average Bonchev–Trinajstić information content (AvgIpc) is 1.56. The van der Waals surface area contributed by atoms with E-state index in [4.69, 9.17) is 0 Å². The lowest BCUT2D eigenvalue weighted by molar-refractivity contribution is 0.747. The summed E-state index contributed by atoms with van der Waals surface area (Å²) < 4.78 is 7.35. The summed E-state index contributed by atoms with van der Waals surface area (Å²) in [7, 11) is 0. The Kier molecular flexibility index (Phi) is 11.5. The summed E-state index contributed by atoms with van der Waals surface area (Å²) in [6.07, 6.45) is 7.32. The summed E-state index contributed by atoms with van der Waals surface area (Å²) in [6.45, 7) is 0. The van der Waals surface area contributed by atoms with Crippen LogP contribution in [0, 0.1) is 0 Å². The fourth-order valence-electron chi connectivity index (χ4n) is 16.1. The third-order valence-electron chi connectivity index (χ3n) is 20.5. The van der Waals surface area contributed by atoms with E-state index in [1.165, 1.54) is 171 Å². The van der Waals surface area contributed by atoms with Crippen LogP contribution >= 0.6 is 0 Å². The maximum Gasteiger partial charge on any atom is 0.0630 e. The maximum atomic E-state index is 2.58. The zero-order valence-electron chi connectivity index (χ0n) is 51.3. The zero-order chi connectivity index (χ0) is 61.5.